The van der Waals surface area contributed by atoms with Crippen LogP contribution in [-0.2, 0) is 16.0 Å². The van der Waals surface area contributed by atoms with E-state index in [1.807, 2.05) is 17.5 Å². The second kappa shape index (κ2) is 9.34. The number of rotatable bonds is 7. The lowest BCUT2D eigenvalue weighted by Crippen LogP contribution is -2.45. The number of methoxy groups -OCH3 is 1. The molecule has 25 heavy (non-hydrogen) atoms. The number of carbonyl (C=O) groups excluding carboxylic acids is 2. The standard InChI is InChI=1S/C19H24N2O3S/c1-4-6-14-8-10-15(11-9-14)17(16-7-5-12-25-16)20-13(2)18(22)21-19(23)24-3/h5,7-13,17,20H,4,6H2,1-3H3,(H,21,22,23)/t13-,17-/m0/s1. The predicted molar refractivity (Wildman–Crippen MR) is 99.7 cm³/mol. The number of imide groups is 1. The Morgan fingerprint density at radius 3 is 2.48 bits per heavy atom. The summed E-state index contributed by atoms with van der Waals surface area (Å²) < 4.78 is 4.47. The van der Waals surface area contributed by atoms with Crippen molar-refractivity contribution in [2.45, 2.75) is 38.8 Å². The van der Waals surface area contributed by atoms with Crippen LogP contribution in [-0.4, -0.2) is 25.2 Å². The number of thiophene rings is 1. The quantitative estimate of drug-likeness (QED) is 0.791. The van der Waals surface area contributed by atoms with Gasteiger partial charge < -0.3 is 4.74 Å². The average Bonchev–Trinajstić information content (AvgIpc) is 3.14. The largest absolute Gasteiger partial charge is 0.453 e. The molecular weight excluding hydrogens is 336 g/mol. The Bertz CT molecular complexity index is 683. The first-order valence-corrected chi connectivity index (χ1v) is 9.20. The molecule has 6 heteroatoms. The lowest BCUT2D eigenvalue weighted by atomic mass is 10.0. The van der Waals surface area contributed by atoms with Crippen molar-refractivity contribution in [3.63, 3.8) is 0 Å². The van der Waals surface area contributed by atoms with Crippen LogP contribution in [0.5, 0.6) is 0 Å². The third-order valence-corrected chi connectivity index (χ3v) is 4.84. The molecule has 2 amide bonds. The molecule has 2 rings (SSSR count). The molecule has 0 spiro atoms. The molecule has 0 saturated carbocycles. The summed E-state index contributed by atoms with van der Waals surface area (Å²) in [5.41, 5.74) is 2.38. The number of hydrogen-bond donors (Lipinski definition) is 2. The van der Waals surface area contributed by atoms with Gasteiger partial charge in [0.15, 0.2) is 0 Å². The highest BCUT2D eigenvalue weighted by Crippen LogP contribution is 2.27. The van der Waals surface area contributed by atoms with Crippen LogP contribution in [0.25, 0.3) is 0 Å². The summed E-state index contributed by atoms with van der Waals surface area (Å²) in [5, 5.41) is 7.51. The molecule has 1 aromatic heterocycles. The molecule has 0 aliphatic carbocycles. The molecule has 134 valence electrons. The van der Waals surface area contributed by atoms with Crippen LogP contribution in [0, 0.1) is 0 Å². The van der Waals surface area contributed by atoms with Gasteiger partial charge in [-0.3, -0.25) is 15.4 Å². The number of hydrogen-bond acceptors (Lipinski definition) is 5. The Morgan fingerprint density at radius 1 is 1.20 bits per heavy atom. The molecular formula is C19H24N2O3S. The van der Waals surface area contributed by atoms with E-state index in [0.717, 1.165) is 23.3 Å². The van der Waals surface area contributed by atoms with Gasteiger partial charge >= 0.3 is 6.09 Å². The molecule has 0 fully saturated rings. The first-order valence-electron chi connectivity index (χ1n) is 8.32. The summed E-state index contributed by atoms with van der Waals surface area (Å²) in [5.74, 6) is -0.420. The molecule has 0 bridgehead atoms. The Morgan fingerprint density at radius 2 is 1.92 bits per heavy atom. The average molecular weight is 360 g/mol. The molecule has 0 radical (unpaired) electrons. The van der Waals surface area contributed by atoms with Gasteiger partial charge in [-0.2, -0.15) is 0 Å². The minimum atomic E-state index is -0.754. The fourth-order valence-corrected chi connectivity index (χ4v) is 3.36. The summed E-state index contributed by atoms with van der Waals surface area (Å²) in [6.45, 7) is 3.88. The number of alkyl carbamates (subject to hydrolysis) is 1. The monoisotopic (exact) mass is 360 g/mol. The lowest BCUT2D eigenvalue weighted by Gasteiger charge is -2.22. The topological polar surface area (TPSA) is 67.4 Å². The first-order chi connectivity index (χ1) is 12.0. The molecule has 1 aromatic carbocycles. The van der Waals surface area contributed by atoms with Crippen LogP contribution in [0.3, 0.4) is 0 Å². The van der Waals surface area contributed by atoms with Crippen molar-refractivity contribution in [1.29, 1.82) is 0 Å². The van der Waals surface area contributed by atoms with Gasteiger partial charge in [0.25, 0.3) is 0 Å². The Labute approximate surface area is 152 Å². The van der Waals surface area contributed by atoms with Crippen molar-refractivity contribution in [3.8, 4) is 0 Å². The summed E-state index contributed by atoms with van der Waals surface area (Å²) in [4.78, 5) is 24.5. The van der Waals surface area contributed by atoms with Gasteiger partial charge in [0.2, 0.25) is 5.91 Å². The summed E-state index contributed by atoms with van der Waals surface area (Å²) in [7, 11) is 1.23. The number of benzene rings is 1. The van der Waals surface area contributed by atoms with Gasteiger partial charge in [-0.25, -0.2) is 4.79 Å². The molecule has 2 aromatic rings. The van der Waals surface area contributed by atoms with Crippen LogP contribution in [0.2, 0.25) is 0 Å². The van der Waals surface area contributed by atoms with E-state index in [0.29, 0.717) is 0 Å². The van der Waals surface area contributed by atoms with Crippen molar-refractivity contribution in [2.75, 3.05) is 7.11 Å². The minimum absolute atomic E-state index is 0.117. The van der Waals surface area contributed by atoms with Gasteiger partial charge in [0.05, 0.1) is 19.2 Å². The Balaban J connectivity index is 2.16. The zero-order valence-electron chi connectivity index (χ0n) is 14.7. The van der Waals surface area contributed by atoms with Crippen LogP contribution < -0.4 is 10.6 Å². The molecule has 0 aliphatic heterocycles. The second-order valence-corrected chi connectivity index (χ2v) is 6.79. The van der Waals surface area contributed by atoms with E-state index in [1.165, 1.54) is 12.7 Å². The summed E-state index contributed by atoms with van der Waals surface area (Å²) >= 11 is 1.63. The van der Waals surface area contributed by atoms with E-state index in [4.69, 9.17) is 0 Å². The fourth-order valence-electron chi connectivity index (χ4n) is 2.55. The number of ether oxygens (including phenoxy) is 1. The van der Waals surface area contributed by atoms with Gasteiger partial charge in [0, 0.05) is 4.88 Å². The second-order valence-electron chi connectivity index (χ2n) is 5.81. The van der Waals surface area contributed by atoms with Gasteiger partial charge in [-0.1, -0.05) is 43.7 Å². The van der Waals surface area contributed by atoms with Crippen LogP contribution in [0.15, 0.2) is 41.8 Å². The van der Waals surface area contributed by atoms with Crippen LogP contribution >= 0.6 is 11.3 Å². The zero-order valence-corrected chi connectivity index (χ0v) is 15.6. The van der Waals surface area contributed by atoms with Gasteiger partial charge in [-0.05, 0) is 35.9 Å². The smallest absolute Gasteiger partial charge is 0.413 e. The third kappa shape index (κ3) is 5.41. The first kappa shape index (κ1) is 19.1. The lowest BCUT2D eigenvalue weighted by molar-refractivity contribution is -0.122. The SMILES string of the molecule is CCCc1ccc([C@H](N[C@@H](C)C(=O)NC(=O)OC)c2cccs2)cc1. The van der Waals surface area contributed by atoms with Gasteiger partial charge in [0.1, 0.15) is 0 Å². The maximum atomic E-state index is 12.1. The molecule has 2 atom stereocenters. The number of amides is 2. The fraction of sp³-hybridized carbons (Fsp3) is 0.368. The maximum absolute atomic E-state index is 12.1. The number of nitrogens with one attached hydrogen (secondary N) is 2. The molecule has 0 unspecified atom stereocenters. The Kier molecular flexibility index (Phi) is 7.16. The van der Waals surface area contributed by atoms with Gasteiger partial charge in [-0.15, -0.1) is 11.3 Å². The van der Waals surface area contributed by atoms with Crippen molar-refractivity contribution in [3.05, 3.63) is 57.8 Å². The number of carbonyl (C=O) groups is 2. The summed E-state index contributed by atoms with van der Waals surface area (Å²) in [6.07, 6.45) is 1.40. The van der Waals surface area contributed by atoms with Crippen LogP contribution in [0.1, 0.15) is 42.3 Å². The summed E-state index contributed by atoms with van der Waals surface area (Å²) in [6, 6.07) is 11.8. The van der Waals surface area contributed by atoms with E-state index in [9.17, 15) is 9.59 Å². The highest BCUT2D eigenvalue weighted by atomic mass is 32.1. The van der Waals surface area contributed by atoms with E-state index >= 15 is 0 Å². The van der Waals surface area contributed by atoms with Crippen molar-refractivity contribution >= 4 is 23.3 Å². The Hall–Kier alpha value is -2.18. The van der Waals surface area contributed by atoms with E-state index < -0.39 is 18.0 Å². The van der Waals surface area contributed by atoms with E-state index in [2.05, 4.69) is 46.6 Å². The van der Waals surface area contributed by atoms with Crippen molar-refractivity contribution < 1.29 is 14.3 Å². The molecule has 5 nitrogen and oxygen atoms in total. The molecule has 0 saturated heterocycles. The zero-order chi connectivity index (χ0) is 18.2. The van der Waals surface area contributed by atoms with Crippen molar-refractivity contribution in [2.24, 2.45) is 0 Å². The highest BCUT2D eigenvalue weighted by molar-refractivity contribution is 7.10. The minimum Gasteiger partial charge on any atom is -0.453 e. The van der Waals surface area contributed by atoms with E-state index in [1.54, 1.807) is 18.3 Å². The van der Waals surface area contributed by atoms with E-state index in [-0.39, 0.29) is 6.04 Å². The highest BCUT2D eigenvalue weighted by Gasteiger charge is 2.22. The molecule has 0 aliphatic rings. The number of aryl methyl sites for hydroxylation is 1. The maximum Gasteiger partial charge on any atom is 0.413 e. The van der Waals surface area contributed by atoms with Crippen molar-refractivity contribution in [1.82, 2.24) is 10.6 Å². The van der Waals surface area contributed by atoms with Crippen LogP contribution in [0.4, 0.5) is 4.79 Å². The molecule has 1 heterocycles. The molecule has 2 N–H and O–H groups in total. The third-order valence-electron chi connectivity index (χ3n) is 3.90. The normalized spacial score (nSPS) is 13.1. The predicted octanol–water partition coefficient (Wildman–Crippen LogP) is 3.65.